The Bertz CT molecular complexity index is 3310. The molecule has 322 valence electrons. The number of nitrogens with zero attached hydrogens (tertiary/aromatic N) is 2. The van der Waals surface area contributed by atoms with E-state index in [4.69, 9.17) is 4.42 Å². The lowest BCUT2D eigenvalue weighted by Crippen LogP contribution is -2.61. The molecule has 0 unspecified atom stereocenters. The Labute approximate surface area is 384 Å². The third-order valence-electron chi connectivity index (χ3n) is 16.4. The highest BCUT2D eigenvalue weighted by Gasteiger charge is 2.48. The van der Waals surface area contributed by atoms with Crippen LogP contribution in [0.4, 0.5) is 33.4 Å². The lowest BCUT2D eigenvalue weighted by molar-refractivity contribution is 0.332. The van der Waals surface area contributed by atoms with Gasteiger partial charge in [0.15, 0.2) is 5.58 Å². The van der Waals surface area contributed by atoms with E-state index in [1.807, 2.05) is 11.3 Å². The minimum atomic E-state index is -0.0341. The summed E-state index contributed by atoms with van der Waals surface area (Å²) in [7, 11) is 0. The number of aryl methyl sites for hydroxylation is 1. The van der Waals surface area contributed by atoms with Gasteiger partial charge in [-0.15, -0.1) is 11.3 Å². The highest BCUT2D eigenvalue weighted by atomic mass is 32.1. The maximum absolute atomic E-state index is 6.89. The highest BCUT2D eigenvalue weighted by molar-refractivity contribution is 7.26. The molecule has 0 fully saturated rings. The molecule has 0 N–H and O–H groups in total. The second kappa shape index (κ2) is 13.0. The van der Waals surface area contributed by atoms with Crippen molar-refractivity contribution in [2.24, 2.45) is 0 Å². The Morgan fingerprint density at radius 1 is 0.547 bits per heavy atom. The molecule has 4 heterocycles. The summed E-state index contributed by atoms with van der Waals surface area (Å²) < 4.78 is 8.29. The third-order valence-corrected chi connectivity index (χ3v) is 17.5. The van der Waals surface area contributed by atoms with Gasteiger partial charge in [0.05, 0.1) is 10.7 Å². The van der Waals surface area contributed by atoms with Gasteiger partial charge in [0.25, 0.3) is 6.71 Å². The molecule has 0 saturated carbocycles. The first kappa shape index (κ1) is 40.3. The summed E-state index contributed by atoms with van der Waals surface area (Å²) in [4.78, 5) is 5.24. The Morgan fingerprint density at radius 2 is 1.17 bits per heavy atom. The van der Waals surface area contributed by atoms with Crippen molar-refractivity contribution in [3.05, 3.63) is 137 Å². The van der Waals surface area contributed by atoms with E-state index in [2.05, 4.69) is 196 Å². The van der Waals surface area contributed by atoms with E-state index in [-0.39, 0.29) is 33.8 Å². The summed E-state index contributed by atoms with van der Waals surface area (Å²) in [6, 6.07) is 40.3. The average Bonchev–Trinajstić information content (AvgIpc) is 3.81. The van der Waals surface area contributed by atoms with Crippen molar-refractivity contribution in [3.8, 4) is 0 Å². The van der Waals surface area contributed by atoms with Crippen LogP contribution >= 0.6 is 11.3 Å². The van der Waals surface area contributed by atoms with Gasteiger partial charge in [0.2, 0.25) is 0 Å². The Morgan fingerprint density at radius 3 is 1.88 bits per heavy atom. The van der Waals surface area contributed by atoms with E-state index >= 15 is 0 Å². The maximum atomic E-state index is 6.89. The second-order valence-corrected chi connectivity index (χ2v) is 24.6. The van der Waals surface area contributed by atoms with Crippen LogP contribution < -0.4 is 26.2 Å². The number of furan rings is 1. The first-order chi connectivity index (χ1) is 30.2. The van der Waals surface area contributed by atoms with Crippen molar-refractivity contribution in [2.45, 2.75) is 136 Å². The fraction of sp³-hybridized carbons (Fsp3) is 0.356. The zero-order chi connectivity index (χ0) is 44.6. The number of hydrogen-bond donors (Lipinski definition) is 0. The fourth-order valence-electron chi connectivity index (χ4n) is 12.3. The van der Waals surface area contributed by atoms with Gasteiger partial charge in [0.1, 0.15) is 5.58 Å². The van der Waals surface area contributed by atoms with E-state index < -0.39 is 0 Å². The molecule has 64 heavy (non-hydrogen) atoms. The van der Waals surface area contributed by atoms with Crippen molar-refractivity contribution in [3.63, 3.8) is 0 Å². The lowest BCUT2D eigenvalue weighted by Gasteiger charge is -2.45. The number of fused-ring (bicyclic) bond motifs is 11. The van der Waals surface area contributed by atoms with Gasteiger partial charge < -0.3 is 14.2 Å². The number of thiophene rings is 1. The van der Waals surface area contributed by atoms with Crippen molar-refractivity contribution in [2.75, 3.05) is 9.80 Å². The van der Waals surface area contributed by atoms with Crippen molar-refractivity contribution in [1.29, 1.82) is 0 Å². The summed E-state index contributed by atoms with van der Waals surface area (Å²) in [5.74, 6) is 0. The molecule has 3 nitrogen and oxygen atoms in total. The SMILES string of the molecule is Cc1cc2c3c(c1)N(c1cccc4c1oc1ccccc14)c1ccc(C(C)(C)C)cc1B3c1c(sc3cc4c(cc13)C(C)(C)CCC4(C)C)N2c1ccc2c(c1)C(C)(C)CCC2(C)C. The molecule has 0 spiro atoms. The molecular formula is C59H61BN2OS. The lowest BCUT2D eigenvalue weighted by atomic mass is 9.33. The smallest absolute Gasteiger partial charge is 0.254 e. The van der Waals surface area contributed by atoms with Gasteiger partial charge in [-0.05, 0) is 169 Å². The molecule has 0 saturated heterocycles. The van der Waals surface area contributed by atoms with Gasteiger partial charge in [-0.2, -0.15) is 0 Å². The molecule has 4 aliphatic rings. The largest absolute Gasteiger partial charge is 0.454 e. The van der Waals surface area contributed by atoms with E-state index in [1.54, 1.807) is 0 Å². The molecule has 0 amide bonds. The van der Waals surface area contributed by atoms with Crippen LogP contribution in [0.2, 0.25) is 0 Å². The van der Waals surface area contributed by atoms with Crippen LogP contribution in [0.1, 0.15) is 135 Å². The Kier molecular flexibility index (Phi) is 8.16. The molecular weight excluding hydrogens is 796 g/mol. The van der Waals surface area contributed by atoms with Crippen LogP contribution in [0, 0.1) is 6.92 Å². The van der Waals surface area contributed by atoms with Gasteiger partial charge in [0, 0.05) is 38.2 Å². The highest BCUT2D eigenvalue weighted by Crippen LogP contribution is 2.54. The molecule has 5 heteroatoms. The van der Waals surface area contributed by atoms with Crippen molar-refractivity contribution < 1.29 is 4.42 Å². The maximum Gasteiger partial charge on any atom is 0.254 e. The number of benzene rings is 6. The normalized spacial score (nSPS) is 18.8. The molecule has 0 radical (unpaired) electrons. The third kappa shape index (κ3) is 5.58. The van der Waals surface area contributed by atoms with Crippen molar-refractivity contribution >= 4 is 99.9 Å². The second-order valence-electron chi connectivity index (χ2n) is 23.6. The molecule has 0 atom stereocenters. The van der Waals surface area contributed by atoms with E-state index in [0.717, 1.165) is 27.6 Å². The van der Waals surface area contributed by atoms with E-state index in [0.29, 0.717) is 0 Å². The zero-order valence-corrected chi connectivity index (χ0v) is 40.7. The van der Waals surface area contributed by atoms with Crippen LogP contribution in [0.3, 0.4) is 0 Å². The topological polar surface area (TPSA) is 19.6 Å². The summed E-state index contributed by atoms with van der Waals surface area (Å²) in [5, 5.41) is 5.07. The van der Waals surface area contributed by atoms with Crippen LogP contribution in [-0.4, -0.2) is 6.71 Å². The minimum absolute atomic E-state index is 0.0276. The van der Waals surface area contributed by atoms with Crippen LogP contribution in [0.15, 0.2) is 108 Å². The number of anilines is 6. The average molecular weight is 857 g/mol. The summed E-state index contributed by atoms with van der Waals surface area (Å²) >= 11 is 2.02. The molecule has 2 aliphatic heterocycles. The summed E-state index contributed by atoms with van der Waals surface area (Å²) in [6.45, 7) is 29.1. The van der Waals surface area contributed by atoms with E-state index in [1.165, 1.54) is 113 Å². The zero-order valence-electron chi connectivity index (χ0n) is 39.9. The number of rotatable bonds is 2. The molecule has 2 aromatic heterocycles. The molecule has 12 rings (SSSR count). The summed E-state index contributed by atoms with van der Waals surface area (Å²) in [6.07, 6.45) is 4.77. The van der Waals surface area contributed by atoms with Crippen LogP contribution in [0.25, 0.3) is 32.0 Å². The predicted molar refractivity (Wildman–Crippen MR) is 277 cm³/mol. The van der Waals surface area contributed by atoms with Gasteiger partial charge >= 0.3 is 0 Å². The first-order valence-corrected chi connectivity index (χ1v) is 24.6. The first-order valence-electron chi connectivity index (χ1n) is 23.8. The molecule has 0 bridgehead atoms. The Hall–Kier alpha value is -5.26. The van der Waals surface area contributed by atoms with Gasteiger partial charge in [-0.3, -0.25) is 0 Å². The fourth-order valence-corrected chi connectivity index (χ4v) is 13.6. The molecule has 8 aromatic rings. The number of para-hydroxylation sites is 2. The van der Waals surface area contributed by atoms with Gasteiger partial charge in [-0.1, -0.05) is 125 Å². The van der Waals surface area contributed by atoms with Crippen molar-refractivity contribution in [1.82, 2.24) is 0 Å². The van der Waals surface area contributed by atoms with Gasteiger partial charge in [-0.25, -0.2) is 0 Å². The standard InChI is InChI=1S/C59H61BN2OS/c1-34-28-47-52-48(29-34)62(46-18-15-17-38-37-16-13-14-19-49(37)63-53(38)46)45-23-20-35(55(2,3)4)30-44(45)60(52)51-39-32-42-43(59(11,12)27-26-58(42,9)10)33-50(39)64-54(51)61(47)36-21-22-40-41(31-36)57(7,8)25-24-56(40,5)6/h13-23,28-33H,24-27H2,1-12H3. The quantitative estimate of drug-likeness (QED) is 0.162. The molecule has 6 aromatic carbocycles. The monoisotopic (exact) mass is 856 g/mol. The van der Waals surface area contributed by atoms with E-state index in [9.17, 15) is 0 Å². The molecule has 2 aliphatic carbocycles. The Balaban J connectivity index is 1.22. The summed E-state index contributed by atoms with van der Waals surface area (Å²) in [5.41, 5.74) is 21.1. The number of hydrogen-bond acceptors (Lipinski definition) is 4. The van der Waals surface area contributed by atoms with Crippen LogP contribution in [0.5, 0.6) is 0 Å². The predicted octanol–water partition coefficient (Wildman–Crippen LogP) is 15.2. The minimum Gasteiger partial charge on any atom is -0.454 e. The van der Waals surface area contributed by atoms with Crippen LogP contribution in [-0.2, 0) is 27.1 Å².